The number of hydrogen-bond donors (Lipinski definition) is 1. The number of rotatable bonds is 3. The molecule has 0 radical (unpaired) electrons. The number of nitrogens with zero attached hydrogens (tertiary/aromatic N) is 1. The number of nitrogens with one attached hydrogen (secondary N) is 1. The molecule has 2 nitrogen and oxygen atoms in total. The van der Waals surface area contributed by atoms with Gasteiger partial charge in [0.1, 0.15) is 11.9 Å². The van der Waals surface area contributed by atoms with Gasteiger partial charge in [-0.1, -0.05) is 39.8 Å². The third-order valence-corrected chi connectivity index (χ3v) is 4.72. The van der Waals surface area contributed by atoms with Crippen LogP contribution in [0.4, 0.5) is 4.39 Å². The van der Waals surface area contributed by atoms with Gasteiger partial charge in [0.2, 0.25) is 0 Å². The van der Waals surface area contributed by atoms with Crippen molar-refractivity contribution in [2.45, 2.75) is 40.3 Å². The maximum absolute atomic E-state index is 13.9. The van der Waals surface area contributed by atoms with E-state index in [1.165, 1.54) is 6.07 Å². The third-order valence-electron chi connectivity index (χ3n) is 4.72. The monoisotopic (exact) mass is 246 g/mol. The molecule has 0 heterocycles. The van der Waals surface area contributed by atoms with Crippen molar-refractivity contribution in [2.75, 3.05) is 0 Å². The number of hydrogen-bond acceptors (Lipinski definition) is 2. The molecule has 1 aliphatic rings. The zero-order valence-electron chi connectivity index (χ0n) is 11.3. The van der Waals surface area contributed by atoms with Gasteiger partial charge in [0.05, 0.1) is 5.56 Å². The molecule has 1 N–H and O–H groups in total. The van der Waals surface area contributed by atoms with Gasteiger partial charge in [0.15, 0.2) is 0 Å². The molecular weight excluding hydrogens is 227 g/mol. The van der Waals surface area contributed by atoms with Crippen LogP contribution in [0.2, 0.25) is 0 Å². The van der Waals surface area contributed by atoms with Crippen molar-refractivity contribution in [1.29, 1.82) is 5.26 Å². The van der Waals surface area contributed by atoms with Crippen LogP contribution in [0.15, 0.2) is 18.2 Å². The van der Waals surface area contributed by atoms with Crippen molar-refractivity contribution in [2.24, 2.45) is 10.8 Å². The highest BCUT2D eigenvalue weighted by atomic mass is 19.1. The summed E-state index contributed by atoms with van der Waals surface area (Å²) in [5, 5.41) is 12.2. The van der Waals surface area contributed by atoms with Gasteiger partial charge < -0.3 is 5.32 Å². The Bertz CT molecular complexity index is 498. The Morgan fingerprint density at radius 3 is 2.39 bits per heavy atom. The van der Waals surface area contributed by atoms with Gasteiger partial charge >= 0.3 is 0 Å². The molecule has 1 aromatic carbocycles. The predicted molar refractivity (Wildman–Crippen MR) is 69.3 cm³/mol. The third kappa shape index (κ3) is 1.81. The van der Waals surface area contributed by atoms with Crippen LogP contribution in [0.5, 0.6) is 0 Å². The van der Waals surface area contributed by atoms with E-state index in [1.807, 2.05) is 6.07 Å². The summed E-state index contributed by atoms with van der Waals surface area (Å²) >= 11 is 0. The quantitative estimate of drug-likeness (QED) is 0.888. The van der Waals surface area contributed by atoms with E-state index < -0.39 is 5.82 Å². The second-order valence-electron chi connectivity index (χ2n) is 6.15. The van der Waals surface area contributed by atoms with Gasteiger partial charge in [0.25, 0.3) is 0 Å². The van der Waals surface area contributed by atoms with E-state index in [4.69, 9.17) is 5.26 Å². The average Bonchev–Trinajstić information content (AvgIpc) is 2.69. The second kappa shape index (κ2) is 4.07. The molecule has 0 aromatic heterocycles. The molecule has 0 aliphatic heterocycles. The van der Waals surface area contributed by atoms with Crippen LogP contribution < -0.4 is 5.32 Å². The molecule has 0 bridgehead atoms. The molecule has 0 saturated heterocycles. The first-order valence-electron chi connectivity index (χ1n) is 6.23. The first kappa shape index (κ1) is 13.0. The largest absolute Gasteiger partial charge is 0.309 e. The Morgan fingerprint density at radius 1 is 1.28 bits per heavy atom. The van der Waals surface area contributed by atoms with E-state index in [1.54, 1.807) is 12.1 Å². The van der Waals surface area contributed by atoms with Gasteiger partial charge in [-0.05, 0) is 16.9 Å². The van der Waals surface area contributed by atoms with Gasteiger partial charge in [-0.15, -0.1) is 0 Å². The minimum Gasteiger partial charge on any atom is -0.309 e. The Kier molecular flexibility index (Phi) is 2.95. The molecular formula is C15H19FN2. The summed E-state index contributed by atoms with van der Waals surface area (Å²) in [4.78, 5) is 0. The second-order valence-corrected chi connectivity index (χ2v) is 6.15. The molecule has 0 unspecified atom stereocenters. The fourth-order valence-electron chi connectivity index (χ4n) is 2.72. The Hall–Kier alpha value is -1.40. The first-order valence-corrected chi connectivity index (χ1v) is 6.23. The van der Waals surface area contributed by atoms with Crippen molar-refractivity contribution in [1.82, 2.24) is 5.32 Å². The fourth-order valence-corrected chi connectivity index (χ4v) is 2.72. The molecule has 1 fully saturated rings. The highest BCUT2D eigenvalue weighted by Crippen LogP contribution is 2.62. The topological polar surface area (TPSA) is 35.8 Å². The molecule has 1 saturated carbocycles. The van der Waals surface area contributed by atoms with Crippen LogP contribution in [0.3, 0.4) is 0 Å². The minimum atomic E-state index is -0.399. The normalized spacial score (nSPS) is 20.4. The summed E-state index contributed by atoms with van der Waals surface area (Å²) in [6.07, 6.45) is 0. The van der Waals surface area contributed by atoms with E-state index >= 15 is 0 Å². The van der Waals surface area contributed by atoms with Crippen molar-refractivity contribution in [3.05, 3.63) is 35.1 Å². The number of halogens is 1. The minimum absolute atomic E-state index is 0.114. The van der Waals surface area contributed by atoms with Crippen molar-refractivity contribution < 1.29 is 4.39 Å². The van der Waals surface area contributed by atoms with E-state index in [0.29, 0.717) is 18.2 Å². The molecule has 1 aromatic rings. The summed E-state index contributed by atoms with van der Waals surface area (Å²) in [5.74, 6) is -0.399. The summed E-state index contributed by atoms with van der Waals surface area (Å²) in [6.45, 7) is 9.33. The molecule has 2 rings (SSSR count). The molecule has 1 aliphatic carbocycles. The van der Waals surface area contributed by atoms with E-state index in [-0.39, 0.29) is 16.4 Å². The van der Waals surface area contributed by atoms with Crippen molar-refractivity contribution in [3.8, 4) is 6.07 Å². The van der Waals surface area contributed by atoms with E-state index in [2.05, 4.69) is 33.0 Å². The van der Waals surface area contributed by atoms with Crippen LogP contribution in [-0.4, -0.2) is 6.04 Å². The van der Waals surface area contributed by atoms with Gasteiger partial charge in [-0.2, -0.15) is 5.26 Å². The smallest absolute Gasteiger partial charge is 0.145 e. The number of benzene rings is 1. The lowest BCUT2D eigenvalue weighted by Crippen LogP contribution is -2.22. The predicted octanol–water partition coefficient (Wildman–Crippen LogP) is 3.22. The average molecular weight is 246 g/mol. The van der Waals surface area contributed by atoms with Crippen molar-refractivity contribution in [3.63, 3.8) is 0 Å². The summed E-state index contributed by atoms with van der Waals surface area (Å²) in [7, 11) is 0. The SMILES string of the molecule is CC1(C)C(NCc2cccc(C#N)c2F)C1(C)C. The molecule has 96 valence electrons. The van der Waals surface area contributed by atoms with Crippen LogP contribution in [-0.2, 0) is 6.54 Å². The van der Waals surface area contributed by atoms with Crippen LogP contribution in [0.25, 0.3) is 0 Å². The zero-order valence-corrected chi connectivity index (χ0v) is 11.3. The maximum atomic E-state index is 13.9. The number of nitriles is 1. The Balaban J connectivity index is 2.08. The molecule has 0 spiro atoms. The Morgan fingerprint density at radius 2 is 1.89 bits per heavy atom. The van der Waals surface area contributed by atoms with Gasteiger partial charge in [-0.25, -0.2) is 4.39 Å². The zero-order chi connectivity index (χ0) is 13.6. The Labute approximate surface area is 108 Å². The molecule has 3 heteroatoms. The summed E-state index contributed by atoms with van der Waals surface area (Å²) in [5.41, 5.74) is 1.14. The van der Waals surface area contributed by atoms with E-state index in [0.717, 1.165) is 0 Å². The first-order chi connectivity index (χ1) is 8.32. The highest BCUT2D eigenvalue weighted by Gasteiger charge is 2.64. The lowest BCUT2D eigenvalue weighted by atomic mass is 10.0. The van der Waals surface area contributed by atoms with Gasteiger partial charge in [-0.3, -0.25) is 0 Å². The summed E-state index contributed by atoms with van der Waals surface area (Å²) in [6, 6.07) is 7.21. The van der Waals surface area contributed by atoms with Crippen molar-refractivity contribution >= 4 is 0 Å². The fraction of sp³-hybridized carbons (Fsp3) is 0.533. The van der Waals surface area contributed by atoms with E-state index in [9.17, 15) is 4.39 Å². The van der Waals surface area contributed by atoms with Crippen LogP contribution in [0.1, 0.15) is 38.8 Å². The lowest BCUT2D eigenvalue weighted by molar-refractivity contribution is 0.457. The molecule has 18 heavy (non-hydrogen) atoms. The molecule has 0 atom stereocenters. The molecule has 0 amide bonds. The highest BCUT2D eigenvalue weighted by molar-refractivity contribution is 5.35. The maximum Gasteiger partial charge on any atom is 0.145 e. The van der Waals surface area contributed by atoms with Crippen LogP contribution >= 0.6 is 0 Å². The lowest BCUT2D eigenvalue weighted by Gasteiger charge is -2.08. The van der Waals surface area contributed by atoms with Gasteiger partial charge in [0, 0.05) is 18.2 Å². The summed E-state index contributed by atoms with van der Waals surface area (Å²) < 4.78 is 13.9. The standard InChI is InChI=1S/C15H19FN2/c1-14(2)13(15(14,3)4)18-9-11-7-5-6-10(8-17)12(11)16/h5-7,13,18H,9H2,1-4H3. The van der Waals surface area contributed by atoms with Crippen LogP contribution in [0, 0.1) is 28.0 Å².